The van der Waals surface area contributed by atoms with Gasteiger partial charge < -0.3 is 20.0 Å². The number of benzene rings is 2. The SMILES string of the molecule is COc1cccc([C@@H]2O[C@@H](CC(=O)O)C(NN)=Nc3ccc(Br)cc32)c1C. The molecule has 1 heterocycles. The number of nitrogens with zero attached hydrogens (tertiary/aromatic N) is 1. The van der Waals surface area contributed by atoms with Crippen LogP contribution in [0.15, 0.2) is 45.9 Å². The van der Waals surface area contributed by atoms with E-state index in [2.05, 4.69) is 26.3 Å². The lowest BCUT2D eigenvalue weighted by atomic mass is 9.95. The molecule has 0 saturated carbocycles. The Morgan fingerprint density at radius 1 is 1.37 bits per heavy atom. The second-order valence-corrected chi connectivity index (χ2v) is 7.04. The third-order valence-electron chi connectivity index (χ3n) is 4.45. The van der Waals surface area contributed by atoms with Crippen LogP contribution in [0.5, 0.6) is 5.75 Å². The van der Waals surface area contributed by atoms with Crippen molar-refractivity contribution in [1.29, 1.82) is 0 Å². The van der Waals surface area contributed by atoms with E-state index in [1.807, 2.05) is 43.3 Å². The summed E-state index contributed by atoms with van der Waals surface area (Å²) in [4.78, 5) is 15.9. The van der Waals surface area contributed by atoms with Crippen molar-refractivity contribution in [3.63, 3.8) is 0 Å². The first-order valence-electron chi connectivity index (χ1n) is 8.30. The van der Waals surface area contributed by atoms with Gasteiger partial charge in [0, 0.05) is 10.0 Å². The number of nitrogens with two attached hydrogens (primary N) is 1. The maximum Gasteiger partial charge on any atom is 0.306 e. The van der Waals surface area contributed by atoms with Gasteiger partial charge >= 0.3 is 5.97 Å². The van der Waals surface area contributed by atoms with Crippen LogP contribution in [0.2, 0.25) is 0 Å². The topological polar surface area (TPSA) is 106 Å². The fourth-order valence-corrected chi connectivity index (χ4v) is 3.53. The molecule has 0 bridgehead atoms. The summed E-state index contributed by atoms with van der Waals surface area (Å²) < 4.78 is 12.5. The minimum Gasteiger partial charge on any atom is -0.496 e. The zero-order chi connectivity index (χ0) is 19.6. The number of ether oxygens (including phenoxy) is 2. The van der Waals surface area contributed by atoms with Gasteiger partial charge in [-0.15, -0.1) is 0 Å². The highest BCUT2D eigenvalue weighted by molar-refractivity contribution is 9.10. The third-order valence-corrected chi connectivity index (χ3v) is 4.95. The quantitative estimate of drug-likeness (QED) is 0.504. The summed E-state index contributed by atoms with van der Waals surface area (Å²) in [5, 5.41) is 9.29. The highest BCUT2D eigenvalue weighted by Crippen LogP contribution is 2.41. The van der Waals surface area contributed by atoms with E-state index in [0.717, 1.165) is 26.9 Å². The summed E-state index contributed by atoms with van der Waals surface area (Å²) in [6.07, 6.45) is -1.63. The molecular formula is C19H20BrN3O4. The fraction of sp³-hybridized carbons (Fsp3) is 0.263. The molecule has 4 N–H and O–H groups in total. The van der Waals surface area contributed by atoms with Gasteiger partial charge in [0.2, 0.25) is 0 Å². The summed E-state index contributed by atoms with van der Waals surface area (Å²) in [7, 11) is 1.61. The van der Waals surface area contributed by atoms with E-state index in [1.165, 1.54) is 0 Å². The van der Waals surface area contributed by atoms with Crippen molar-refractivity contribution in [2.75, 3.05) is 7.11 Å². The van der Waals surface area contributed by atoms with Crippen LogP contribution in [-0.4, -0.2) is 30.1 Å². The average Bonchev–Trinajstić information content (AvgIpc) is 2.78. The number of nitrogens with one attached hydrogen (secondary N) is 1. The van der Waals surface area contributed by atoms with Gasteiger partial charge in [-0.1, -0.05) is 28.1 Å². The molecule has 2 aromatic rings. The molecule has 0 aromatic heterocycles. The van der Waals surface area contributed by atoms with Gasteiger partial charge in [0.05, 0.1) is 19.2 Å². The second kappa shape index (κ2) is 8.08. The van der Waals surface area contributed by atoms with E-state index in [0.29, 0.717) is 5.69 Å². The maximum absolute atomic E-state index is 11.3. The van der Waals surface area contributed by atoms with Gasteiger partial charge in [-0.25, -0.2) is 10.8 Å². The minimum atomic E-state index is -1.00. The van der Waals surface area contributed by atoms with E-state index in [-0.39, 0.29) is 12.3 Å². The van der Waals surface area contributed by atoms with Crippen LogP contribution in [-0.2, 0) is 9.53 Å². The summed E-state index contributed by atoms with van der Waals surface area (Å²) in [5.74, 6) is 5.59. The Hall–Kier alpha value is -2.42. The van der Waals surface area contributed by atoms with E-state index in [4.69, 9.17) is 15.3 Å². The van der Waals surface area contributed by atoms with E-state index in [9.17, 15) is 9.90 Å². The lowest BCUT2D eigenvalue weighted by molar-refractivity contribution is -0.139. The van der Waals surface area contributed by atoms with E-state index < -0.39 is 18.2 Å². The maximum atomic E-state index is 11.3. The predicted molar refractivity (Wildman–Crippen MR) is 105 cm³/mol. The number of hydrogen-bond acceptors (Lipinski definition) is 6. The number of amidine groups is 1. The molecule has 2 atom stereocenters. The van der Waals surface area contributed by atoms with Crippen molar-refractivity contribution in [1.82, 2.24) is 5.43 Å². The number of halogens is 1. The van der Waals surface area contributed by atoms with Gasteiger partial charge in [-0.2, -0.15) is 0 Å². The molecule has 2 aromatic carbocycles. The monoisotopic (exact) mass is 433 g/mol. The molecule has 27 heavy (non-hydrogen) atoms. The first-order chi connectivity index (χ1) is 12.9. The van der Waals surface area contributed by atoms with Gasteiger partial charge in [0.1, 0.15) is 23.8 Å². The number of hydrogen-bond donors (Lipinski definition) is 3. The number of carbonyl (C=O) groups is 1. The zero-order valence-corrected chi connectivity index (χ0v) is 16.5. The summed E-state index contributed by atoms with van der Waals surface area (Å²) in [5.41, 5.74) is 5.74. The van der Waals surface area contributed by atoms with Crippen LogP contribution < -0.4 is 16.0 Å². The molecule has 1 aliphatic rings. The van der Waals surface area contributed by atoms with E-state index >= 15 is 0 Å². The van der Waals surface area contributed by atoms with Crippen molar-refractivity contribution in [2.24, 2.45) is 10.8 Å². The largest absolute Gasteiger partial charge is 0.496 e. The fourth-order valence-electron chi connectivity index (χ4n) is 3.15. The molecule has 0 radical (unpaired) electrons. The van der Waals surface area contributed by atoms with Gasteiger partial charge in [0.25, 0.3) is 0 Å². The number of carboxylic acid groups (broad SMARTS) is 1. The number of carboxylic acids is 1. The normalized spacial score (nSPS) is 18.9. The summed E-state index contributed by atoms with van der Waals surface area (Å²) >= 11 is 3.49. The molecule has 0 spiro atoms. The number of rotatable bonds is 4. The van der Waals surface area contributed by atoms with Gasteiger partial charge in [0.15, 0.2) is 0 Å². The smallest absolute Gasteiger partial charge is 0.306 e. The Kier molecular flexibility index (Phi) is 5.79. The van der Waals surface area contributed by atoms with Crippen molar-refractivity contribution >= 4 is 33.4 Å². The molecule has 0 amide bonds. The van der Waals surface area contributed by atoms with Gasteiger partial charge in [-0.3, -0.25) is 4.79 Å². The molecule has 8 heteroatoms. The highest BCUT2D eigenvalue weighted by Gasteiger charge is 2.32. The van der Waals surface area contributed by atoms with Crippen LogP contribution in [0.4, 0.5) is 5.69 Å². The lowest BCUT2D eigenvalue weighted by Gasteiger charge is -2.25. The molecule has 1 aliphatic heterocycles. The third kappa shape index (κ3) is 3.97. The molecule has 142 valence electrons. The zero-order valence-electron chi connectivity index (χ0n) is 14.9. The summed E-state index contributed by atoms with van der Waals surface area (Å²) in [6, 6.07) is 11.3. The van der Waals surface area contributed by atoms with Crippen LogP contribution in [0, 0.1) is 6.92 Å². The number of fused-ring (bicyclic) bond motifs is 1. The standard InChI is InChI=1S/C19H20BrN3O4/c1-10-12(4-3-5-15(10)26-2)18-13-8-11(20)6-7-14(13)22-19(23-21)16(27-18)9-17(24)25/h3-8,16,18H,9,21H2,1-2H3,(H,22,23)(H,24,25)/t16-,18-/m0/s1. The molecule has 7 nitrogen and oxygen atoms in total. The number of methoxy groups -OCH3 is 1. The Labute approximate surface area is 165 Å². The first-order valence-corrected chi connectivity index (χ1v) is 9.09. The number of aliphatic imine (C=N–C) groups is 1. The molecule has 0 fully saturated rings. The molecule has 0 aliphatic carbocycles. The Balaban J connectivity index is 2.18. The van der Waals surface area contributed by atoms with Crippen molar-refractivity contribution in [3.05, 3.63) is 57.6 Å². The Morgan fingerprint density at radius 2 is 2.15 bits per heavy atom. The van der Waals surface area contributed by atoms with Crippen molar-refractivity contribution in [2.45, 2.75) is 25.6 Å². The minimum absolute atomic E-state index is 0.266. The molecule has 0 saturated heterocycles. The van der Waals surface area contributed by atoms with Crippen molar-refractivity contribution < 1.29 is 19.4 Å². The predicted octanol–water partition coefficient (Wildman–Crippen LogP) is 3.22. The average molecular weight is 434 g/mol. The molecule has 0 unspecified atom stereocenters. The van der Waals surface area contributed by atoms with E-state index in [1.54, 1.807) is 7.11 Å². The van der Waals surface area contributed by atoms with Crippen LogP contribution >= 0.6 is 15.9 Å². The molecule has 3 rings (SSSR count). The summed E-state index contributed by atoms with van der Waals surface area (Å²) in [6.45, 7) is 1.94. The second-order valence-electron chi connectivity index (χ2n) is 6.12. The van der Waals surface area contributed by atoms with Crippen LogP contribution in [0.25, 0.3) is 0 Å². The highest BCUT2D eigenvalue weighted by atomic mass is 79.9. The number of aliphatic carboxylic acids is 1. The number of hydrazine groups is 1. The van der Waals surface area contributed by atoms with Crippen LogP contribution in [0.3, 0.4) is 0 Å². The first kappa shape index (κ1) is 19.3. The molecular weight excluding hydrogens is 414 g/mol. The Morgan fingerprint density at radius 3 is 2.81 bits per heavy atom. The van der Waals surface area contributed by atoms with Crippen LogP contribution in [0.1, 0.15) is 29.2 Å². The van der Waals surface area contributed by atoms with Gasteiger partial charge in [-0.05, 0) is 42.3 Å². The van der Waals surface area contributed by atoms with Crippen molar-refractivity contribution in [3.8, 4) is 5.75 Å². The Bertz CT molecular complexity index is 901. The lowest BCUT2D eigenvalue weighted by Crippen LogP contribution is -2.41.